The smallest absolute Gasteiger partial charge is 0.191 e. The number of rotatable bonds is 6. The van der Waals surface area contributed by atoms with Crippen LogP contribution < -0.4 is 10.6 Å². The SMILES string of the molecule is CN=C(NCCc1ccncc1C)NCC(C)c1cccc(C)c1. The predicted octanol–water partition coefficient (Wildman–Crippen LogP) is 3.21. The van der Waals surface area contributed by atoms with Crippen LogP contribution in [0.3, 0.4) is 0 Å². The molecule has 0 amide bonds. The van der Waals surface area contributed by atoms with Crippen LogP contribution in [0.1, 0.15) is 35.1 Å². The minimum absolute atomic E-state index is 0.436. The molecule has 0 spiro atoms. The summed E-state index contributed by atoms with van der Waals surface area (Å²) in [5.74, 6) is 1.28. The van der Waals surface area contributed by atoms with E-state index in [9.17, 15) is 0 Å². The van der Waals surface area contributed by atoms with Crippen molar-refractivity contribution in [2.24, 2.45) is 4.99 Å². The number of pyridine rings is 1. The third-order valence-corrected chi connectivity index (χ3v) is 4.23. The van der Waals surface area contributed by atoms with Gasteiger partial charge >= 0.3 is 0 Å². The molecule has 2 N–H and O–H groups in total. The fourth-order valence-corrected chi connectivity index (χ4v) is 2.66. The molecule has 0 bridgehead atoms. The highest BCUT2D eigenvalue weighted by atomic mass is 15.2. The number of hydrogen-bond donors (Lipinski definition) is 2. The Bertz CT molecular complexity index is 679. The van der Waals surface area contributed by atoms with Crippen LogP contribution in [-0.4, -0.2) is 31.1 Å². The van der Waals surface area contributed by atoms with Gasteiger partial charge in [-0.15, -0.1) is 0 Å². The first-order chi connectivity index (χ1) is 11.6. The molecular formula is C20H28N4. The van der Waals surface area contributed by atoms with E-state index < -0.39 is 0 Å². The third-order valence-electron chi connectivity index (χ3n) is 4.23. The molecule has 24 heavy (non-hydrogen) atoms. The lowest BCUT2D eigenvalue weighted by Gasteiger charge is -2.17. The zero-order valence-electron chi connectivity index (χ0n) is 15.1. The Morgan fingerprint density at radius 1 is 1.21 bits per heavy atom. The second kappa shape index (κ2) is 9.06. The summed E-state index contributed by atoms with van der Waals surface area (Å²) in [7, 11) is 1.81. The number of guanidine groups is 1. The van der Waals surface area contributed by atoms with E-state index in [1.807, 2.05) is 19.4 Å². The molecule has 1 aromatic heterocycles. The Morgan fingerprint density at radius 3 is 2.75 bits per heavy atom. The normalized spacial score (nSPS) is 12.8. The summed E-state index contributed by atoms with van der Waals surface area (Å²) in [6, 6.07) is 10.8. The monoisotopic (exact) mass is 324 g/mol. The Kier molecular flexibility index (Phi) is 6.79. The highest BCUT2D eigenvalue weighted by molar-refractivity contribution is 5.79. The third kappa shape index (κ3) is 5.37. The number of aromatic nitrogens is 1. The number of benzene rings is 1. The van der Waals surface area contributed by atoms with Crippen LogP contribution in [0.2, 0.25) is 0 Å². The minimum atomic E-state index is 0.436. The van der Waals surface area contributed by atoms with Crippen LogP contribution >= 0.6 is 0 Å². The number of nitrogens with zero attached hydrogens (tertiary/aromatic N) is 2. The largest absolute Gasteiger partial charge is 0.356 e. The van der Waals surface area contributed by atoms with E-state index >= 15 is 0 Å². The van der Waals surface area contributed by atoms with Gasteiger partial charge in [0.25, 0.3) is 0 Å². The minimum Gasteiger partial charge on any atom is -0.356 e. The van der Waals surface area contributed by atoms with Crippen LogP contribution in [0.15, 0.2) is 47.7 Å². The summed E-state index contributed by atoms with van der Waals surface area (Å²) < 4.78 is 0. The van der Waals surface area contributed by atoms with E-state index in [4.69, 9.17) is 0 Å². The maximum Gasteiger partial charge on any atom is 0.191 e. The molecule has 0 saturated heterocycles. The lowest BCUT2D eigenvalue weighted by Crippen LogP contribution is -2.40. The van der Waals surface area contributed by atoms with Crippen molar-refractivity contribution in [3.8, 4) is 0 Å². The van der Waals surface area contributed by atoms with Gasteiger partial charge in [-0.1, -0.05) is 36.8 Å². The Hall–Kier alpha value is -2.36. The molecule has 0 aliphatic heterocycles. The van der Waals surface area contributed by atoms with E-state index in [0.717, 1.165) is 25.5 Å². The molecule has 0 radical (unpaired) electrons. The first-order valence-electron chi connectivity index (χ1n) is 8.50. The quantitative estimate of drug-likeness (QED) is 0.634. The van der Waals surface area contributed by atoms with E-state index in [2.05, 4.69) is 71.7 Å². The summed E-state index contributed by atoms with van der Waals surface area (Å²) in [5.41, 5.74) is 5.20. The molecule has 0 aliphatic carbocycles. The number of aryl methyl sites for hydroxylation is 2. The fourth-order valence-electron chi connectivity index (χ4n) is 2.66. The summed E-state index contributed by atoms with van der Waals surface area (Å²) >= 11 is 0. The van der Waals surface area contributed by atoms with Crippen molar-refractivity contribution >= 4 is 5.96 Å². The molecule has 4 heteroatoms. The highest BCUT2D eigenvalue weighted by Crippen LogP contribution is 2.15. The molecule has 4 nitrogen and oxygen atoms in total. The maximum atomic E-state index is 4.31. The van der Waals surface area contributed by atoms with Gasteiger partial charge in [-0.3, -0.25) is 9.98 Å². The van der Waals surface area contributed by atoms with Gasteiger partial charge in [0.15, 0.2) is 5.96 Å². The summed E-state index contributed by atoms with van der Waals surface area (Å²) in [5, 5.41) is 6.80. The molecule has 1 atom stereocenters. The molecule has 2 rings (SSSR count). The Balaban J connectivity index is 1.79. The topological polar surface area (TPSA) is 49.3 Å². The molecular weight excluding hydrogens is 296 g/mol. The van der Waals surface area contributed by atoms with Crippen molar-refractivity contribution in [1.29, 1.82) is 0 Å². The lowest BCUT2D eigenvalue weighted by atomic mass is 9.99. The van der Waals surface area contributed by atoms with Crippen molar-refractivity contribution in [3.05, 3.63) is 65.0 Å². The van der Waals surface area contributed by atoms with Crippen molar-refractivity contribution in [2.75, 3.05) is 20.1 Å². The van der Waals surface area contributed by atoms with E-state index in [-0.39, 0.29) is 0 Å². The van der Waals surface area contributed by atoms with Crippen molar-refractivity contribution in [3.63, 3.8) is 0 Å². The number of nitrogens with one attached hydrogen (secondary N) is 2. The van der Waals surface area contributed by atoms with Gasteiger partial charge in [0.05, 0.1) is 0 Å². The van der Waals surface area contributed by atoms with E-state index in [1.165, 1.54) is 22.3 Å². The molecule has 2 aromatic rings. The first-order valence-corrected chi connectivity index (χ1v) is 8.50. The second-order valence-corrected chi connectivity index (χ2v) is 6.25. The average Bonchev–Trinajstić information content (AvgIpc) is 2.59. The highest BCUT2D eigenvalue weighted by Gasteiger charge is 2.07. The summed E-state index contributed by atoms with van der Waals surface area (Å²) in [6.45, 7) is 8.17. The standard InChI is InChI=1S/C20H28N4/c1-15-6-5-7-19(12-15)17(3)14-24-20(21-4)23-11-9-18-8-10-22-13-16(18)2/h5-8,10,12-13,17H,9,11,14H2,1-4H3,(H2,21,23,24). The van der Waals surface area contributed by atoms with Crippen LogP contribution in [0.5, 0.6) is 0 Å². The zero-order valence-corrected chi connectivity index (χ0v) is 15.1. The zero-order chi connectivity index (χ0) is 17.4. The molecule has 128 valence electrons. The van der Waals surface area contributed by atoms with Gasteiger partial charge in [0, 0.05) is 32.5 Å². The predicted molar refractivity (Wildman–Crippen MR) is 102 cm³/mol. The van der Waals surface area contributed by atoms with Crippen LogP contribution in [0, 0.1) is 13.8 Å². The van der Waals surface area contributed by atoms with E-state index in [1.54, 1.807) is 0 Å². The first kappa shape index (κ1) is 18.0. The van der Waals surface area contributed by atoms with Gasteiger partial charge in [-0.05, 0) is 48.9 Å². The van der Waals surface area contributed by atoms with Gasteiger partial charge in [-0.25, -0.2) is 0 Å². The van der Waals surface area contributed by atoms with Gasteiger partial charge in [-0.2, -0.15) is 0 Å². The Morgan fingerprint density at radius 2 is 2.04 bits per heavy atom. The van der Waals surface area contributed by atoms with Crippen LogP contribution in [0.25, 0.3) is 0 Å². The van der Waals surface area contributed by atoms with Crippen molar-refractivity contribution in [1.82, 2.24) is 15.6 Å². The van der Waals surface area contributed by atoms with E-state index in [0.29, 0.717) is 5.92 Å². The van der Waals surface area contributed by atoms with Gasteiger partial charge in [0.1, 0.15) is 0 Å². The maximum absolute atomic E-state index is 4.31. The lowest BCUT2D eigenvalue weighted by molar-refractivity contribution is 0.697. The molecule has 0 saturated carbocycles. The fraction of sp³-hybridized carbons (Fsp3) is 0.400. The van der Waals surface area contributed by atoms with Gasteiger partial charge < -0.3 is 10.6 Å². The number of aliphatic imine (C=N–C) groups is 1. The van der Waals surface area contributed by atoms with Crippen molar-refractivity contribution in [2.45, 2.75) is 33.1 Å². The van der Waals surface area contributed by atoms with Crippen LogP contribution in [0.4, 0.5) is 0 Å². The van der Waals surface area contributed by atoms with Gasteiger partial charge in [0.2, 0.25) is 0 Å². The summed E-state index contributed by atoms with van der Waals surface area (Å²) in [6.07, 6.45) is 4.72. The number of hydrogen-bond acceptors (Lipinski definition) is 2. The molecule has 0 fully saturated rings. The summed E-state index contributed by atoms with van der Waals surface area (Å²) in [4.78, 5) is 8.44. The second-order valence-electron chi connectivity index (χ2n) is 6.25. The van der Waals surface area contributed by atoms with Crippen molar-refractivity contribution < 1.29 is 0 Å². The molecule has 1 aromatic carbocycles. The molecule has 1 unspecified atom stereocenters. The molecule has 0 aliphatic rings. The Labute approximate surface area is 145 Å². The molecule has 1 heterocycles. The average molecular weight is 324 g/mol. The van der Waals surface area contributed by atoms with Crippen LogP contribution in [-0.2, 0) is 6.42 Å².